The number of hydrogen-bond donors (Lipinski definition) is 3. The molecule has 2 amide bonds. The van der Waals surface area contributed by atoms with Gasteiger partial charge in [-0.25, -0.2) is 10.2 Å². The molecule has 10 heteroatoms. The lowest BCUT2D eigenvalue weighted by Crippen LogP contribution is -2.32. The van der Waals surface area contributed by atoms with Crippen LogP contribution in [0.2, 0.25) is 0 Å². The molecule has 1 aliphatic carbocycles. The first kappa shape index (κ1) is 23.0. The molecule has 0 bridgehead atoms. The van der Waals surface area contributed by atoms with Crippen molar-refractivity contribution in [1.29, 1.82) is 0 Å². The fraction of sp³-hybridized carbons (Fsp3) is 0.333. The number of carbonyl (C=O) groups is 3. The minimum absolute atomic E-state index is 0.0249. The number of rotatable bonds is 5. The Labute approximate surface area is 191 Å². The highest BCUT2D eigenvalue weighted by Crippen LogP contribution is 2.40. The van der Waals surface area contributed by atoms with Gasteiger partial charge in [0, 0.05) is 14.9 Å². The van der Waals surface area contributed by atoms with E-state index in [1.54, 1.807) is 19.1 Å². The monoisotopic (exact) mass is 507 g/mol. The van der Waals surface area contributed by atoms with Crippen molar-refractivity contribution in [3.05, 3.63) is 44.2 Å². The van der Waals surface area contributed by atoms with Crippen molar-refractivity contribution in [2.75, 3.05) is 11.9 Å². The zero-order chi connectivity index (χ0) is 22.5. The number of nitrogens with zero attached hydrogens (tertiary/aromatic N) is 1. The van der Waals surface area contributed by atoms with Crippen LogP contribution in [0, 0.1) is 5.92 Å². The van der Waals surface area contributed by atoms with Gasteiger partial charge in [0.25, 0.3) is 0 Å². The summed E-state index contributed by atoms with van der Waals surface area (Å²) < 4.78 is 5.88. The fourth-order valence-electron chi connectivity index (χ4n) is 3.26. The molecule has 0 aliphatic heterocycles. The molecule has 1 atom stereocenters. The van der Waals surface area contributed by atoms with E-state index in [9.17, 15) is 19.5 Å². The molecule has 1 heterocycles. The number of thiophene rings is 1. The van der Waals surface area contributed by atoms with E-state index in [0.29, 0.717) is 22.0 Å². The molecule has 1 aromatic carbocycles. The average molecular weight is 508 g/mol. The molecule has 1 aromatic heterocycles. The van der Waals surface area contributed by atoms with Crippen molar-refractivity contribution in [2.45, 2.75) is 33.1 Å². The van der Waals surface area contributed by atoms with Crippen molar-refractivity contribution in [3.63, 3.8) is 0 Å². The summed E-state index contributed by atoms with van der Waals surface area (Å²) in [6.07, 6.45) is 3.71. The van der Waals surface area contributed by atoms with Gasteiger partial charge in [-0.1, -0.05) is 22.9 Å². The maximum absolute atomic E-state index is 12.5. The molecule has 0 saturated heterocycles. The molecule has 0 spiro atoms. The summed E-state index contributed by atoms with van der Waals surface area (Å²) in [6.45, 7) is 4.07. The number of carbonyl (C=O) groups excluding carboxylic acids is 3. The molecule has 31 heavy (non-hydrogen) atoms. The lowest BCUT2D eigenvalue weighted by Gasteiger charge is -2.18. The largest absolute Gasteiger partial charge is 0.507 e. The Kier molecular flexibility index (Phi) is 7.45. The van der Waals surface area contributed by atoms with Crippen molar-refractivity contribution in [1.82, 2.24) is 5.43 Å². The Bertz CT molecular complexity index is 1050. The van der Waals surface area contributed by atoms with E-state index >= 15 is 0 Å². The second kappa shape index (κ2) is 10.1. The van der Waals surface area contributed by atoms with Crippen LogP contribution >= 0.6 is 27.3 Å². The molecule has 1 aliphatic rings. The first-order valence-corrected chi connectivity index (χ1v) is 11.4. The van der Waals surface area contributed by atoms with Crippen LogP contribution in [0.25, 0.3) is 0 Å². The van der Waals surface area contributed by atoms with E-state index in [-0.39, 0.29) is 12.4 Å². The van der Waals surface area contributed by atoms with Gasteiger partial charge in [0.05, 0.1) is 18.4 Å². The Balaban J connectivity index is 1.73. The Morgan fingerprint density at radius 3 is 2.87 bits per heavy atom. The minimum Gasteiger partial charge on any atom is -0.507 e. The van der Waals surface area contributed by atoms with E-state index in [0.717, 1.165) is 34.2 Å². The SMILES string of the molecule is CCOC(=O)c1c(NC(=O)C(=O)NN=Cc2cc(Br)ccc2O)sc2c1CCC(C)C2. The minimum atomic E-state index is -1.000. The van der Waals surface area contributed by atoms with E-state index in [2.05, 4.69) is 38.7 Å². The van der Waals surface area contributed by atoms with Crippen LogP contribution in [-0.2, 0) is 27.2 Å². The van der Waals surface area contributed by atoms with Crippen LogP contribution in [0.1, 0.15) is 46.6 Å². The fourth-order valence-corrected chi connectivity index (χ4v) is 5.03. The molecule has 0 radical (unpaired) electrons. The van der Waals surface area contributed by atoms with Crippen LogP contribution in [-0.4, -0.2) is 35.7 Å². The van der Waals surface area contributed by atoms with Gasteiger partial charge < -0.3 is 15.2 Å². The number of hydrazone groups is 1. The number of amides is 2. The lowest BCUT2D eigenvalue weighted by molar-refractivity contribution is -0.136. The average Bonchev–Trinajstić information content (AvgIpc) is 3.07. The van der Waals surface area contributed by atoms with E-state index in [4.69, 9.17) is 4.74 Å². The normalized spacial score (nSPS) is 15.4. The van der Waals surface area contributed by atoms with E-state index in [1.807, 2.05) is 0 Å². The summed E-state index contributed by atoms with van der Waals surface area (Å²) in [4.78, 5) is 38.1. The zero-order valence-electron chi connectivity index (χ0n) is 17.0. The Morgan fingerprint density at radius 1 is 1.35 bits per heavy atom. The Morgan fingerprint density at radius 2 is 2.13 bits per heavy atom. The summed E-state index contributed by atoms with van der Waals surface area (Å²) in [7, 11) is 0. The van der Waals surface area contributed by atoms with Gasteiger partial charge in [0.1, 0.15) is 10.8 Å². The highest BCUT2D eigenvalue weighted by Gasteiger charge is 2.30. The van der Waals surface area contributed by atoms with Gasteiger partial charge in [0.15, 0.2) is 0 Å². The summed E-state index contributed by atoms with van der Waals surface area (Å²) in [5.41, 5.74) is 3.70. The molecule has 3 rings (SSSR count). The van der Waals surface area contributed by atoms with Gasteiger partial charge >= 0.3 is 17.8 Å². The highest BCUT2D eigenvalue weighted by atomic mass is 79.9. The number of anilines is 1. The van der Waals surface area contributed by atoms with Crippen LogP contribution in [0.5, 0.6) is 5.75 Å². The Hall–Kier alpha value is -2.72. The number of fused-ring (bicyclic) bond motifs is 1. The summed E-state index contributed by atoms with van der Waals surface area (Å²) >= 11 is 4.57. The molecule has 2 aromatic rings. The maximum Gasteiger partial charge on any atom is 0.341 e. The predicted octanol–water partition coefficient (Wildman–Crippen LogP) is 3.61. The number of esters is 1. The number of nitrogens with one attached hydrogen (secondary N) is 2. The third-order valence-corrected chi connectivity index (χ3v) is 6.45. The smallest absolute Gasteiger partial charge is 0.341 e. The van der Waals surface area contributed by atoms with Crippen LogP contribution in [0.4, 0.5) is 5.00 Å². The van der Waals surface area contributed by atoms with Gasteiger partial charge in [0.2, 0.25) is 0 Å². The summed E-state index contributed by atoms with van der Waals surface area (Å²) in [5.74, 6) is -2.00. The van der Waals surface area contributed by atoms with Gasteiger partial charge in [-0.15, -0.1) is 11.3 Å². The number of aromatic hydroxyl groups is 1. The summed E-state index contributed by atoms with van der Waals surface area (Å²) in [6, 6.07) is 4.73. The molecular formula is C21H22BrN3O5S. The number of halogens is 1. The highest BCUT2D eigenvalue weighted by molar-refractivity contribution is 9.10. The molecule has 164 valence electrons. The predicted molar refractivity (Wildman–Crippen MR) is 122 cm³/mol. The molecule has 3 N–H and O–H groups in total. The third kappa shape index (κ3) is 5.50. The number of phenols is 1. The van der Waals surface area contributed by atoms with Crippen LogP contribution < -0.4 is 10.7 Å². The zero-order valence-corrected chi connectivity index (χ0v) is 19.4. The van der Waals surface area contributed by atoms with Crippen molar-refractivity contribution in [3.8, 4) is 5.75 Å². The van der Waals surface area contributed by atoms with Gasteiger partial charge in [-0.05, 0) is 55.9 Å². The van der Waals surface area contributed by atoms with Crippen molar-refractivity contribution in [2.24, 2.45) is 11.0 Å². The topological polar surface area (TPSA) is 117 Å². The third-order valence-electron chi connectivity index (χ3n) is 4.78. The number of phenolic OH excluding ortho intramolecular Hbond substituents is 1. The van der Waals surface area contributed by atoms with Crippen molar-refractivity contribution < 1.29 is 24.2 Å². The first-order chi connectivity index (χ1) is 14.8. The van der Waals surface area contributed by atoms with Crippen LogP contribution in [0.3, 0.4) is 0 Å². The molecule has 0 saturated carbocycles. The lowest BCUT2D eigenvalue weighted by atomic mass is 9.88. The maximum atomic E-state index is 12.5. The second-order valence-corrected chi connectivity index (χ2v) is 9.15. The van der Waals surface area contributed by atoms with Gasteiger partial charge in [-0.3, -0.25) is 9.59 Å². The first-order valence-electron chi connectivity index (χ1n) is 9.74. The van der Waals surface area contributed by atoms with Crippen molar-refractivity contribution >= 4 is 56.3 Å². The number of benzene rings is 1. The van der Waals surface area contributed by atoms with E-state index in [1.165, 1.54) is 23.6 Å². The molecule has 1 unspecified atom stereocenters. The second-order valence-electron chi connectivity index (χ2n) is 7.13. The molecule has 8 nitrogen and oxygen atoms in total. The van der Waals surface area contributed by atoms with E-state index < -0.39 is 17.8 Å². The quantitative estimate of drug-likeness (QED) is 0.247. The number of ether oxygens (including phenoxy) is 1. The molecular weight excluding hydrogens is 486 g/mol. The van der Waals surface area contributed by atoms with Gasteiger partial charge in [-0.2, -0.15) is 5.10 Å². The van der Waals surface area contributed by atoms with Crippen LogP contribution in [0.15, 0.2) is 27.8 Å². The molecule has 0 fully saturated rings. The number of hydrogen-bond acceptors (Lipinski definition) is 7. The standard InChI is InChI=1S/C21H22BrN3O5S/c1-3-30-21(29)17-14-6-4-11(2)8-16(14)31-20(17)24-18(27)19(28)25-23-10-12-9-13(22)5-7-15(12)26/h5,7,9-11,26H,3-4,6,8H2,1-2H3,(H,24,27)(H,25,28). The summed E-state index contributed by atoms with van der Waals surface area (Å²) in [5, 5.41) is 16.3.